The van der Waals surface area contributed by atoms with Crippen molar-refractivity contribution in [3.8, 4) is 0 Å². The summed E-state index contributed by atoms with van der Waals surface area (Å²) in [5, 5.41) is 4.80. The molecule has 4 amide bonds. The van der Waals surface area contributed by atoms with Crippen molar-refractivity contribution in [2.24, 2.45) is 0 Å². The van der Waals surface area contributed by atoms with Crippen molar-refractivity contribution in [1.29, 1.82) is 0 Å². The summed E-state index contributed by atoms with van der Waals surface area (Å²) >= 11 is 0. The number of carbonyl (C=O) groups is 3. The Labute approximate surface area is 104 Å². The van der Waals surface area contributed by atoms with Gasteiger partial charge < -0.3 is 10.2 Å². The first-order chi connectivity index (χ1) is 8.65. The maximum absolute atomic E-state index is 11.6. The van der Waals surface area contributed by atoms with Crippen LogP contribution in [0.1, 0.15) is 5.56 Å². The van der Waals surface area contributed by atoms with E-state index < -0.39 is 6.03 Å². The summed E-state index contributed by atoms with van der Waals surface area (Å²) in [5.74, 6) is -0.667. The van der Waals surface area contributed by atoms with Crippen molar-refractivity contribution in [3.63, 3.8) is 0 Å². The van der Waals surface area contributed by atoms with Crippen LogP contribution in [-0.4, -0.2) is 35.8 Å². The number of nitrogens with zero attached hydrogens (tertiary/aromatic N) is 1. The fourth-order valence-electron chi connectivity index (χ4n) is 1.64. The number of benzene rings is 1. The molecule has 2 N–H and O–H groups in total. The number of rotatable bonds is 4. The predicted octanol–water partition coefficient (Wildman–Crippen LogP) is -0.145. The molecule has 1 heterocycles. The van der Waals surface area contributed by atoms with E-state index >= 15 is 0 Å². The number of carbonyl (C=O) groups excluding carboxylic acids is 3. The first-order valence-corrected chi connectivity index (χ1v) is 5.54. The fraction of sp³-hybridized carbons (Fsp3) is 0.250. The number of amides is 4. The molecule has 1 aliphatic rings. The topological polar surface area (TPSA) is 78.5 Å². The SMILES string of the molecule is O=C(CN1CC(=O)NC1=O)NCc1ccccc1. The van der Waals surface area contributed by atoms with Crippen molar-refractivity contribution in [2.75, 3.05) is 13.1 Å². The van der Waals surface area contributed by atoms with Gasteiger partial charge in [-0.25, -0.2) is 4.79 Å². The summed E-state index contributed by atoms with van der Waals surface area (Å²) in [6.45, 7) is 0.241. The van der Waals surface area contributed by atoms with E-state index in [1.54, 1.807) is 0 Å². The van der Waals surface area contributed by atoms with Gasteiger partial charge in [-0.1, -0.05) is 30.3 Å². The van der Waals surface area contributed by atoms with Gasteiger partial charge in [0.1, 0.15) is 13.1 Å². The molecule has 0 radical (unpaired) electrons. The second kappa shape index (κ2) is 5.31. The van der Waals surface area contributed by atoms with E-state index in [0.29, 0.717) is 6.54 Å². The van der Waals surface area contributed by atoms with Gasteiger partial charge in [0, 0.05) is 6.54 Å². The second-order valence-corrected chi connectivity index (χ2v) is 3.97. The van der Waals surface area contributed by atoms with Crippen molar-refractivity contribution < 1.29 is 14.4 Å². The normalized spacial score (nSPS) is 14.6. The summed E-state index contributed by atoms with van der Waals surface area (Å²) in [6, 6.07) is 8.93. The van der Waals surface area contributed by atoms with Crippen LogP contribution >= 0.6 is 0 Å². The lowest BCUT2D eigenvalue weighted by atomic mass is 10.2. The minimum Gasteiger partial charge on any atom is -0.350 e. The molecule has 1 aliphatic heterocycles. The Morgan fingerprint density at radius 3 is 2.61 bits per heavy atom. The van der Waals surface area contributed by atoms with E-state index in [0.717, 1.165) is 5.56 Å². The van der Waals surface area contributed by atoms with Gasteiger partial charge in [0.15, 0.2) is 0 Å². The minimum atomic E-state index is -0.519. The molecular weight excluding hydrogens is 234 g/mol. The average molecular weight is 247 g/mol. The molecule has 1 aromatic rings. The monoisotopic (exact) mass is 247 g/mol. The molecular formula is C12H13N3O3. The summed E-state index contributed by atoms with van der Waals surface area (Å²) in [7, 11) is 0. The Bertz CT molecular complexity index is 473. The molecule has 94 valence electrons. The molecule has 0 aliphatic carbocycles. The first kappa shape index (κ1) is 12.1. The van der Waals surface area contributed by atoms with Gasteiger partial charge in [0.25, 0.3) is 0 Å². The molecule has 1 aromatic carbocycles. The Morgan fingerprint density at radius 2 is 2.00 bits per heavy atom. The Morgan fingerprint density at radius 1 is 1.28 bits per heavy atom. The number of hydrogen-bond acceptors (Lipinski definition) is 3. The summed E-state index contributed by atoms with van der Waals surface area (Å²) in [5.41, 5.74) is 0.979. The van der Waals surface area contributed by atoms with E-state index in [9.17, 15) is 14.4 Å². The zero-order chi connectivity index (χ0) is 13.0. The van der Waals surface area contributed by atoms with Crippen LogP contribution in [0.4, 0.5) is 4.79 Å². The fourth-order valence-corrected chi connectivity index (χ4v) is 1.64. The third-order valence-corrected chi connectivity index (χ3v) is 2.54. The highest BCUT2D eigenvalue weighted by molar-refractivity contribution is 6.03. The highest BCUT2D eigenvalue weighted by Gasteiger charge is 2.27. The van der Waals surface area contributed by atoms with Crippen LogP contribution in [0.25, 0.3) is 0 Å². The third-order valence-electron chi connectivity index (χ3n) is 2.54. The maximum Gasteiger partial charge on any atom is 0.325 e. The highest BCUT2D eigenvalue weighted by Crippen LogP contribution is 1.99. The molecule has 2 rings (SSSR count). The van der Waals surface area contributed by atoms with Crippen LogP contribution in [0.2, 0.25) is 0 Å². The molecule has 6 heteroatoms. The van der Waals surface area contributed by atoms with Crippen LogP contribution in [0, 0.1) is 0 Å². The number of imide groups is 1. The molecule has 0 atom stereocenters. The largest absolute Gasteiger partial charge is 0.350 e. The molecule has 0 unspecified atom stereocenters. The molecule has 0 bridgehead atoms. The molecule has 1 fully saturated rings. The molecule has 0 spiro atoms. The standard InChI is InChI=1S/C12H13N3O3/c16-10(7-15-8-11(17)14-12(15)18)13-6-9-4-2-1-3-5-9/h1-5H,6-8H2,(H,13,16)(H,14,17,18). The van der Waals surface area contributed by atoms with Crippen molar-refractivity contribution in [2.45, 2.75) is 6.54 Å². The zero-order valence-electron chi connectivity index (χ0n) is 9.68. The third kappa shape index (κ3) is 3.07. The van der Waals surface area contributed by atoms with Gasteiger partial charge in [-0.05, 0) is 5.56 Å². The molecule has 0 aromatic heterocycles. The summed E-state index contributed by atoms with van der Waals surface area (Å²) in [4.78, 5) is 34.9. The molecule has 0 saturated carbocycles. The maximum atomic E-state index is 11.6. The quantitative estimate of drug-likeness (QED) is 0.726. The smallest absolute Gasteiger partial charge is 0.325 e. The van der Waals surface area contributed by atoms with Gasteiger partial charge in [-0.3, -0.25) is 14.9 Å². The highest BCUT2D eigenvalue weighted by atomic mass is 16.2. The summed E-state index contributed by atoms with van der Waals surface area (Å²) < 4.78 is 0. The van der Waals surface area contributed by atoms with Crippen molar-refractivity contribution in [1.82, 2.24) is 15.5 Å². The summed E-state index contributed by atoms with van der Waals surface area (Å²) in [6.07, 6.45) is 0. The van der Waals surface area contributed by atoms with E-state index in [2.05, 4.69) is 10.6 Å². The van der Waals surface area contributed by atoms with Gasteiger partial charge in [-0.15, -0.1) is 0 Å². The Hall–Kier alpha value is -2.37. The van der Waals surface area contributed by atoms with Gasteiger partial charge in [0.2, 0.25) is 11.8 Å². The molecule has 18 heavy (non-hydrogen) atoms. The van der Waals surface area contributed by atoms with Crippen LogP contribution < -0.4 is 10.6 Å². The van der Waals surface area contributed by atoms with Gasteiger partial charge in [-0.2, -0.15) is 0 Å². The van der Waals surface area contributed by atoms with Crippen LogP contribution in [0.3, 0.4) is 0 Å². The zero-order valence-corrected chi connectivity index (χ0v) is 9.68. The lowest BCUT2D eigenvalue weighted by Crippen LogP contribution is -2.38. The second-order valence-electron chi connectivity index (χ2n) is 3.97. The van der Waals surface area contributed by atoms with Crippen molar-refractivity contribution >= 4 is 17.8 Å². The van der Waals surface area contributed by atoms with Gasteiger partial charge >= 0.3 is 6.03 Å². The minimum absolute atomic E-state index is 0.0579. The molecule has 1 saturated heterocycles. The number of nitrogens with one attached hydrogen (secondary N) is 2. The number of urea groups is 1. The van der Waals surface area contributed by atoms with Crippen molar-refractivity contribution in [3.05, 3.63) is 35.9 Å². The van der Waals surface area contributed by atoms with Crippen LogP contribution in [-0.2, 0) is 16.1 Å². The first-order valence-electron chi connectivity index (χ1n) is 5.54. The Kier molecular flexibility index (Phi) is 3.57. The van der Waals surface area contributed by atoms with Gasteiger partial charge in [0.05, 0.1) is 0 Å². The van der Waals surface area contributed by atoms with E-state index in [1.165, 1.54) is 4.90 Å². The lowest BCUT2D eigenvalue weighted by Gasteiger charge is -2.12. The lowest BCUT2D eigenvalue weighted by molar-refractivity contribution is -0.122. The predicted molar refractivity (Wildman–Crippen MR) is 63.4 cm³/mol. The van der Waals surface area contributed by atoms with Crippen LogP contribution in [0.5, 0.6) is 0 Å². The molecule has 6 nitrogen and oxygen atoms in total. The van der Waals surface area contributed by atoms with Crippen LogP contribution in [0.15, 0.2) is 30.3 Å². The average Bonchev–Trinajstić information content (AvgIpc) is 2.67. The Balaban J connectivity index is 1.79. The van der Waals surface area contributed by atoms with E-state index in [4.69, 9.17) is 0 Å². The van der Waals surface area contributed by atoms with E-state index in [-0.39, 0.29) is 24.9 Å². The van der Waals surface area contributed by atoms with E-state index in [1.807, 2.05) is 30.3 Å². The number of hydrogen-bond donors (Lipinski definition) is 2.